The normalized spacial score (nSPS) is 15.4. The van der Waals surface area contributed by atoms with E-state index in [0.717, 1.165) is 29.5 Å². The van der Waals surface area contributed by atoms with Crippen LogP contribution in [0, 0.1) is 24.0 Å². The number of alkyl halides is 3. The molecule has 2 aromatic carbocycles. The number of aryl methyl sites for hydroxylation is 1. The van der Waals surface area contributed by atoms with Crippen molar-refractivity contribution in [2.45, 2.75) is 33.0 Å². The number of hydrogen-bond donors (Lipinski definition) is 1. The number of nitrogens with zero attached hydrogens (tertiary/aromatic N) is 4. The van der Waals surface area contributed by atoms with Crippen molar-refractivity contribution in [1.29, 1.82) is 0 Å². The maximum Gasteiger partial charge on any atom is 0.416 e. The fourth-order valence-corrected chi connectivity index (χ4v) is 4.25. The highest BCUT2D eigenvalue weighted by Crippen LogP contribution is 2.38. The van der Waals surface area contributed by atoms with Gasteiger partial charge in [0.15, 0.2) is 5.82 Å². The summed E-state index contributed by atoms with van der Waals surface area (Å²) in [5, 5.41) is 24.5. The Hall–Kier alpha value is -3.47. The van der Waals surface area contributed by atoms with Gasteiger partial charge >= 0.3 is 6.18 Å². The van der Waals surface area contributed by atoms with Crippen LogP contribution in [0.2, 0.25) is 0 Å². The molecule has 0 spiro atoms. The van der Waals surface area contributed by atoms with Gasteiger partial charge in [-0.25, -0.2) is 0 Å². The van der Waals surface area contributed by atoms with Crippen LogP contribution in [-0.2, 0) is 10.9 Å². The average Bonchev–Trinajstić information content (AvgIpc) is 2.80. The van der Waals surface area contributed by atoms with Crippen LogP contribution in [0.3, 0.4) is 0 Å². The molecule has 1 aliphatic rings. The van der Waals surface area contributed by atoms with Gasteiger partial charge in [0, 0.05) is 41.7 Å². The van der Waals surface area contributed by atoms with Crippen molar-refractivity contribution in [3.05, 3.63) is 62.8 Å². The number of anilines is 2. The fourth-order valence-electron chi connectivity index (χ4n) is 4.25. The summed E-state index contributed by atoms with van der Waals surface area (Å²) in [7, 11) is 0. The molecule has 4 rings (SSSR count). The molecule has 1 saturated heterocycles. The number of aromatic nitrogens is 2. The van der Waals surface area contributed by atoms with Crippen LogP contribution in [0.25, 0.3) is 10.8 Å². The fraction of sp³-hybridized carbons (Fsp3) is 0.391. The molecule has 0 aliphatic carbocycles. The molecule has 1 aliphatic heterocycles. The van der Waals surface area contributed by atoms with E-state index in [4.69, 9.17) is 4.74 Å². The smallest absolute Gasteiger partial charge is 0.378 e. The van der Waals surface area contributed by atoms with E-state index in [1.165, 1.54) is 13.0 Å². The number of rotatable bonds is 5. The van der Waals surface area contributed by atoms with Crippen LogP contribution in [-0.4, -0.2) is 41.4 Å². The van der Waals surface area contributed by atoms with Crippen molar-refractivity contribution in [2.24, 2.45) is 0 Å². The molecule has 1 fully saturated rings. The summed E-state index contributed by atoms with van der Waals surface area (Å²) in [5.74, 6) is 0.391. The van der Waals surface area contributed by atoms with E-state index in [1.807, 2.05) is 25.1 Å². The molecule has 11 heteroatoms. The first-order valence-corrected chi connectivity index (χ1v) is 10.8. The van der Waals surface area contributed by atoms with Crippen LogP contribution >= 0.6 is 0 Å². The minimum Gasteiger partial charge on any atom is -0.378 e. The zero-order chi connectivity index (χ0) is 24.6. The molecule has 0 saturated carbocycles. The zero-order valence-corrected chi connectivity index (χ0v) is 18.9. The van der Waals surface area contributed by atoms with Crippen molar-refractivity contribution in [1.82, 2.24) is 10.2 Å². The molecule has 0 amide bonds. The molecule has 3 aromatic rings. The van der Waals surface area contributed by atoms with Crippen molar-refractivity contribution in [3.63, 3.8) is 0 Å². The van der Waals surface area contributed by atoms with Gasteiger partial charge in [0.05, 0.1) is 35.4 Å². The molecule has 1 N–H and O–H groups in total. The first-order valence-electron chi connectivity index (χ1n) is 10.8. The second-order valence-electron chi connectivity index (χ2n) is 8.29. The number of nitro benzene ring substituents is 1. The lowest BCUT2D eigenvalue weighted by Gasteiger charge is -2.29. The second-order valence-corrected chi connectivity index (χ2v) is 8.29. The Morgan fingerprint density at radius 3 is 2.47 bits per heavy atom. The first-order chi connectivity index (χ1) is 16.1. The molecule has 34 heavy (non-hydrogen) atoms. The highest BCUT2D eigenvalue weighted by Gasteiger charge is 2.36. The number of ether oxygens (including phenoxy) is 1. The second kappa shape index (κ2) is 9.05. The van der Waals surface area contributed by atoms with Gasteiger partial charge in [-0.05, 0) is 44.0 Å². The van der Waals surface area contributed by atoms with Gasteiger partial charge in [0.2, 0.25) is 0 Å². The van der Waals surface area contributed by atoms with Crippen molar-refractivity contribution >= 4 is 28.0 Å². The van der Waals surface area contributed by atoms with Crippen molar-refractivity contribution in [3.8, 4) is 0 Å². The number of hydrogen-bond acceptors (Lipinski definition) is 7. The number of fused-ring (bicyclic) bond motifs is 1. The standard InChI is InChI=1S/C23H24F3N5O3/c1-13-19(11-17(31(32)33)12-21(13)23(24,25)26)14(2)27-22-20-10-16(30-6-8-34-9-7-30)4-5-18(20)15(3)28-29-22/h4-5,10-12,14H,6-9H2,1-3H3,(H,27,29). The minimum absolute atomic E-state index is 0.0727. The summed E-state index contributed by atoms with van der Waals surface area (Å²) in [6, 6.07) is 6.95. The molecule has 1 atom stereocenters. The topological polar surface area (TPSA) is 93.4 Å². The van der Waals surface area contributed by atoms with Crippen LogP contribution in [0.1, 0.15) is 35.3 Å². The quantitative estimate of drug-likeness (QED) is 0.401. The molecule has 2 heterocycles. The number of halogens is 3. The zero-order valence-electron chi connectivity index (χ0n) is 18.9. The van der Waals surface area contributed by atoms with Crippen LogP contribution in [0.15, 0.2) is 30.3 Å². The number of nitrogens with one attached hydrogen (secondary N) is 1. The Labute approximate surface area is 193 Å². The van der Waals surface area contributed by atoms with Crippen LogP contribution in [0.4, 0.5) is 30.4 Å². The number of non-ortho nitro benzene ring substituents is 1. The van der Waals surface area contributed by atoms with E-state index in [-0.39, 0.29) is 11.1 Å². The van der Waals surface area contributed by atoms with Crippen molar-refractivity contribution in [2.75, 3.05) is 36.5 Å². The lowest BCUT2D eigenvalue weighted by atomic mass is 9.96. The number of nitro groups is 1. The Morgan fingerprint density at radius 2 is 1.82 bits per heavy atom. The first kappa shape index (κ1) is 23.7. The maximum atomic E-state index is 13.6. The third-order valence-electron chi connectivity index (χ3n) is 6.09. The van der Waals surface area contributed by atoms with Gasteiger partial charge in [0.1, 0.15) is 0 Å². The Kier molecular flexibility index (Phi) is 6.30. The lowest BCUT2D eigenvalue weighted by molar-refractivity contribution is -0.385. The number of morpholine rings is 1. The summed E-state index contributed by atoms with van der Waals surface area (Å²) in [6.07, 6.45) is -4.71. The average molecular weight is 475 g/mol. The third-order valence-corrected chi connectivity index (χ3v) is 6.09. The van der Waals surface area contributed by atoms with E-state index in [2.05, 4.69) is 20.4 Å². The SMILES string of the molecule is Cc1c(C(C)Nc2nnc(C)c3ccc(N4CCOCC4)cc23)cc([N+](=O)[O-])cc1C(F)(F)F. The monoisotopic (exact) mass is 475 g/mol. The minimum atomic E-state index is -4.71. The maximum absolute atomic E-state index is 13.6. The van der Waals surface area contributed by atoms with Crippen LogP contribution in [0.5, 0.6) is 0 Å². The molecule has 1 aromatic heterocycles. The van der Waals surface area contributed by atoms with Gasteiger partial charge in [-0.1, -0.05) is 6.07 Å². The summed E-state index contributed by atoms with van der Waals surface area (Å²) in [6.45, 7) is 7.53. The summed E-state index contributed by atoms with van der Waals surface area (Å²) in [5.41, 5.74) is 0.145. The molecular formula is C23H24F3N5O3. The van der Waals surface area contributed by atoms with E-state index >= 15 is 0 Å². The van der Waals surface area contributed by atoms with Gasteiger partial charge < -0.3 is 15.0 Å². The Balaban J connectivity index is 1.76. The number of benzene rings is 2. The largest absolute Gasteiger partial charge is 0.416 e. The van der Waals surface area contributed by atoms with E-state index in [9.17, 15) is 23.3 Å². The molecule has 180 valence electrons. The highest BCUT2D eigenvalue weighted by atomic mass is 19.4. The van der Waals surface area contributed by atoms with E-state index in [1.54, 1.807) is 6.92 Å². The molecule has 8 nitrogen and oxygen atoms in total. The molecular weight excluding hydrogens is 451 g/mol. The summed E-state index contributed by atoms with van der Waals surface area (Å²) >= 11 is 0. The molecule has 1 unspecified atom stereocenters. The van der Waals surface area contributed by atoms with Gasteiger partial charge in [-0.2, -0.15) is 18.3 Å². The summed E-state index contributed by atoms with van der Waals surface area (Å²) < 4.78 is 46.1. The summed E-state index contributed by atoms with van der Waals surface area (Å²) in [4.78, 5) is 12.7. The predicted octanol–water partition coefficient (Wildman–Crippen LogP) is 5.18. The van der Waals surface area contributed by atoms with Crippen molar-refractivity contribution < 1.29 is 22.8 Å². The molecule has 0 radical (unpaired) electrons. The highest BCUT2D eigenvalue weighted by molar-refractivity contribution is 5.95. The van der Waals surface area contributed by atoms with Gasteiger partial charge in [-0.15, -0.1) is 5.10 Å². The van der Waals surface area contributed by atoms with Crippen LogP contribution < -0.4 is 10.2 Å². The molecule has 0 bridgehead atoms. The predicted molar refractivity (Wildman–Crippen MR) is 122 cm³/mol. The van der Waals surface area contributed by atoms with E-state index in [0.29, 0.717) is 30.8 Å². The van der Waals surface area contributed by atoms with E-state index < -0.39 is 28.4 Å². The van der Waals surface area contributed by atoms with Gasteiger partial charge in [0.25, 0.3) is 5.69 Å². The lowest BCUT2D eigenvalue weighted by Crippen LogP contribution is -2.36. The Morgan fingerprint density at radius 1 is 1.12 bits per heavy atom. The Bertz CT molecular complexity index is 1240. The van der Waals surface area contributed by atoms with Gasteiger partial charge in [-0.3, -0.25) is 10.1 Å². The third kappa shape index (κ3) is 4.60.